The van der Waals surface area contributed by atoms with Crippen molar-refractivity contribution in [2.75, 3.05) is 11.9 Å². The molecule has 6 heteroatoms. The molecular formula is C14H16ClN3O2. The highest BCUT2D eigenvalue weighted by Crippen LogP contribution is 2.21. The Hall–Kier alpha value is -2.01. The normalized spacial score (nSPS) is 10.4. The number of carbonyl (C=O) groups is 1. The topological polar surface area (TPSA) is 67.0 Å². The lowest BCUT2D eigenvalue weighted by atomic mass is 10.2. The van der Waals surface area contributed by atoms with Crippen LogP contribution in [0.3, 0.4) is 0 Å². The molecule has 5 nitrogen and oxygen atoms in total. The minimum atomic E-state index is -0.256. The van der Waals surface area contributed by atoms with Crippen molar-refractivity contribution in [3.8, 4) is 5.75 Å². The summed E-state index contributed by atoms with van der Waals surface area (Å²) in [6.45, 7) is 5.58. The predicted octanol–water partition coefficient (Wildman–Crippen LogP) is 3.01. The predicted molar refractivity (Wildman–Crippen MR) is 78.4 cm³/mol. The molecule has 0 radical (unpaired) electrons. The zero-order chi connectivity index (χ0) is 14.7. The van der Waals surface area contributed by atoms with Crippen LogP contribution in [0.25, 0.3) is 0 Å². The van der Waals surface area contributed by atoms with Crippen LogP contribution in [0, 0.1) is 20.8 Å². The Morgan fingerprint density at radius 1 is 1.40 bits per heavy atom. The van der Waals surface area contributed by atoms with Gasteiger partial charge in [-0.2, -0.15) is 5.10 Å². The average molecular weight is 294 g/mol. The Bertz CT molecular complexity index is 637. The Balaban J connectivity index is 1.94. The third-order valence-corrected chi connectivity index (χ3v) is 3.24. The second-order valence-electron chi connectivity index (χ2n) is 4.57. The molecule has 0 aliphatic heterocycles. The van der Waals surface area contributed by atoms with Gasteiger partial charge in [-0.1, -0.05) is 11.6 Å². The third kappa shape index (κ3) is 3.30. The van der Waals surface area contributed by atoms with E-state index in [4.69, 9.17) is 16.3 Å². The van der Waals surface area contributed by atoms with Crippen molar-refractivity contribution in [1.82, 2.24) is 10.2 Å². The first-order chi connectivity index (χ1) is 9.47. The highest BCUT2D eigenvalue weighted by molar-refractivity contribution is 6.30. The summed E-state index contributed by atoms with van der Waals surface area (Å²) in [4.78, 5) is 11.8. The molecule has 1 amide bonds. The van der Waals surface area contributed by atoms with Gasteiger partial charge >= 0.3 is 0 Å². The van der Waals surface area contributed by atoms with Gasteiger partial charge in [-0.25, -0.2) is 0 Å². The molecule has 106 valence electrons. The van der Waals surface area contributed by atoms with Crippen molar-refractivity contribution in [1.29, 1.82) is 0 Å². The summed E-state index contributed by atoms with van der Waals surface area (Å²) in [5, 5.41) is 10.2. The van der Waals surface area contributed by atoms with Crippen LogP contribution < -0.4 is 10.1 Å². The molecule has 0 aliphatic rings. The number of aromatic amines is 1. The minimum absolute atomic E-state index is 0.0756. The van der Waals surface area contributed by atoms with Gasteiger partial charge in [0.1, 0.15) is 5.75 Å². The van der Waals surface area contributed by atoms with Gasteiger partial charge in [0.15, 0.2) is 12.4 Å². The van der Waals surface area contributed by atoms with Crippen molar-refractivity contribution in [3.63, 3.8) is 0 Å². The van der Waals surface area contributed by atoms with Crippen LogP contribution in [0.2, 0.25) is 5.02 Å². The van der Waals surface area contributed by atoms with Gasteiger partial charge in [0.05, 0.1) is 0 Å². The van der Waals surface area contributed by atoms with Crippen LogP contribution in [-0.4, -0.2) is 22.7 Å². The molecule has 2 rings (SSSR count). The van der Waals surface area contributed by atoms with Crippen molar-refractivity contribution < 1.29 is 9.53 Å². The lowest BCUT2D eigenvalue weighted by Crippen LogP contribution is -2.21. The number of hydrogen-bond donors (Lipinski definition) is 2. The molecule has 1 aromatic heterocycles. The van der Waals surface area contributed by atoms with Crippen LogP contribution in [0.4, 0.5) is 5.82 Å². The molecule has 1 heterocycles. The second kappa shape index (κ2) is 5.96. The summed E-state index contributed by atoms with van der Waals surface area (Å²) in [6, 6.07) is 5.26. The van der Waals surface area contributed by atoms with Gasteiger partial charge in [-0.3, -0.25) is 9.89 Å². The number of anilines is 1. The summed E-state index contributed by atoms with van der Waals surface area (Å²) in [6.07, 6.45) is 0. The standard InChI is InChI=1S/C14H16ClN3O2/c1-8-6-11(15)4-5-12(8)20-7-13(19)16-14-9(2)10(3)17-18-14/h4-6H,7H2,1-3H3,(H2,16,17,18,19). The number of halogens is 1. The van der Waals surface area contributed by atoms with Crippen molar-refractivity contribution in [3.05, 3.63) is 40.0 Å². The number of benzene rings is 1. The first kappa shape index (κ1) is 14.4. The molecule has 0 aliphatic carbocycles. The molecule has 0 unspecified atom stereocenters. The zero-order valence-corrected chi connectivity index (χ0v) is 12.3. The van der Waals surface area contributed by atoms with E-state index >= 15 is 0 Å². The monoisotopic (exact) mass is 293 g/mol. The first-order valence-electron chi connectivity index (χ1n) is 6.17. The molecule has 0 spiro atoms. The number of H-pyrrole nitrogens is 1. The van der Waals surface area contributed by atoms with E-state index in [1.54, 1.807) is 18.2 Å². The first-order valence-corrected chi connectivity index (χ1v) is 6.55. The molecule has 1 aromatic carbocycles. The highest BCUT2D eigenvalue weighted by Gasteiger charge is 2.10. The fourth-order valence-corrected chi connectivity index (χ4v) is 1.92. The van der Waals surface area contributed by atoms with Gasteiger partial charge in [-0.15, -0.1) is 0 Å². The number of carbonyl (C=O) groups excluding carboxylic acids is 1. The van der Waals surface area contributed by atoms with Gasteiger partial charge in [-0.05, 0) is 44.5 Å². The van der Waals surface area contributed by atoms with Crippen molar-refractivity contribution >= 4 is 23.3 Å². The molecule has 0 saturated carbocycles. The van der Waals surface area contributed by atoms with E-state index in [2.05, 4.69) is 15.5 Å². The Kier molecular flexibility index (Phi) is 4.29. The van der Waals surface area contributed by atoms with Crippen LogP contribution in [0.15, 0.2) is 18.2 Å². The summed E-state index contributed by atoms with van der Waals surface area (Å²) in [7, 11) is 0. The Morgan fingerprint density at radius 3 is 2.75 bits per heavy atom. The number of ether oxygens (including phenoxy) is 1. The number of nitrogens with one attached hydrogen (secondary N) is 2. The molecule has 0 fully saturated rings. The van der Waals surface area contributed by atoms with E-state index in [-0.39, 0.29) is 12.5 Å². The Labute approximate surface area is 122 Å². The third-order valence-electron chi connectivity index (χ3n) is 3.01. The van der Waals surface area contributed by atoms with E-state index in [0.29, 0.717) is 16.6 Å². The average Bonchev–Trinajstić information content (AvgIpc) is 2.70. The fourth-order valence-electron chi connectivity index (χ4n) is 1.69. The number of nitrogens with zero attached hydrogens (tertiary/aromatic N) is 1. The second-order valence-corrected chi connectivity index (χ2v) is 5.01. The van der Waals surface area contributed by atoms with Gasteiger partial charge in [0.2, 0.25) is 0 Å². The molecule has 0 bridgehead atoms. The van der Waals surface area contributed by atoms with Crippen molar-refractivity contribution in [2.45, 2.75) is 20.8 Å². The molecule has 2 N–H and O–H groups in total. The summed E-state index contributed by atoms with van der Waals surface area (Å²) in [5.74, 6) is 0.914. The van der Waals surface area contributed by atoms with E-state index in [9.17, 15) is 4.79 Å². The summed E-state index contributed by atoms with van der Waals surface area (Å²) in [5.41, 5.74) is 2.73. The van der Waals surface area contributed by atoms with E-state index < -0.39 is 0 Å². The SMILES string of the molecule is Cc1cc(Cl)ccc1OCC(=O)Nc1n[nH]c(C)c1C. The van der Waals surface area contributed by atoms with Gasteiger partial charge < -0.3 is 10.1 Å². The van der Waals surface area contributed by atoms with Gasteiger partial charge in [0.25, 0.3) is 5.91 Å². The molecular weight excluding hydrogens is 278 g/mol. The van der Waals surface area contributed by atoms with Crippen LogP contribution in [0.5, 0.6) is 5.75 Å². The van der Waals surface area contributed by atoms with E-state index in [0.717, 1.165) is 16.8 Å². The van der Waals surface area contributed by atoms with Gasteiger partial charge in [0, 0.05) is 16.3 Å². The van der Waals surface area contributed by atoms with Crippen LogP contribution in [-0.2, 0) is 4.79 Å². The quantitative estimate of drug-likeness (QED) is 0.910. The largest absolute Gasteiger partial charge is 0.483 e. The molecule has 2 aromatic rings. The zero-order valence-electron chi connectivity index (χ0n) is 11.6. The van der Waals surface area contributed by atoms with Crippen LogP contribution >= 0.6 is 11.6 Å². The minimum Gasteiger partial charge on any atom is -0.483 e. The number of aromatic nitrogens is 2. The van der Waals surface area contributed by atoms with E-state index in [1.165, 1.54) is 0 Å². The lowest BCUT2D eigenvalue weighted by Gasteiger charge is -2.09. The molecule has 20 heavy (non-hydrogen) atoms. The summed E-state index contributed by atoms with van der Waals surface area (Å²) < 4.78 is 5.46. The number of aryl methyl sites for hydroxylation is 2. The highest BCUT2D eigenvalue weighted by atomic mass is 35.5. The smallest absolute Gasteiger partial charge is 0.263 e. The molecule has 0 atom stereocenters. The molecule has 0 saturated heterocycles. The van der Waals surface area contributed by atoms with Crippen molar-refractivity contribution in [2.24, 2.45) is 0 Å². The maximum Gasteiger partial charge on any atom is 0.263 e. The number of rotatable bonds is 4. The van der Waals surface area contributed by atoms with E-state index in [1.807, 2.05) is 20.8 Å². The maximum absolute atomic E-state index is 11.8. The lowest BCUT2D eigenvalue weighted by molar-refractivity contribution is -0.118. The fraction of sp³-hybridized carbons (Fsp3) is 0.286. The van der Waals surface area contributed by atoms with Crippen LogP contribution in [0.1, 0.15) is 16.8 Å². The Morgan fingerprint density at radius 2 is 2.15 bits per heavy atom. The summed E-state index contributed by atoms with van der Waals surface area (Å²) >= 11 is 5.86. The number of hydrogen-bond acceptors (Lipinski definition) is 3. The maximum atomic E-state index is 11.8. The number of amides is 1.